The van der Waals surface area contributed by atoms with Gasteiger partial charge in [0, 0.05) is 23.5 Å². The molecule has 1 atom stereocenters. The quantitative estimate of drug-likeness (QED) is 0.374. The van der Waals surface area contributed by atoms with Crippen molar-refractivity contribution in [1.82, 2.24) is 10.6 Å². The van der Waals surface area contributed by atoms with Crippen molar-refractivity contribution in [2.24, 2.45) is 0 Å². The Morgan fingerprint density at radius 1 is 1.25 bits per heavy atom. The van der Waals surface area contributed by atoms with Crippen molar-refractivity contribution in [2.45, 2.75) is 13.0 Å². The molecule has 144 valence electrons. The molecular formula is C18H14Cl2N4O3S. The third-order valence-corrected chi connectivity index (χ3v) is 5.17. The van der Waals surface area contributed by atoms with Crippen LogP contribution in [0.3, 0.4) is 0 Å². The number of thiocarbonyl (C=S) groups is 1. The van der Waals surface area contributed by atoms with Gasteiger partial charge >= 0.3 is 0 Å². The summed E-state index contributed by atoms with van der Waals surface area (Å²) in [6.45, 7) is 1.71. The maximum absolute atomic E-state index is 13.0. The Morgan fingerprint density at radius 2 is 1.96 bits per heavy atom. The second-order valence-corrected chi connectivity index (χ2v) is 7.17. The number of hydrogen-bond donors (Lipinski definition) is 3. The van der Waals surface area contributed by atoms with Crippen LogP contribution in [0.4, 0.5) is 11.4 Å². The first kappa shape index (κ1) is 20.1. The summed E-state index contributed by atoms with van der Waals surface area (Å²) in [7, 11) is 0. The van der Waals surface area contributed by atoms with Crippen LogP contribution in [0, 0.1) is 10.1 Å². The van der Waals surface area contributed by atoms with E-state index in [1.807, 2.05) is 0 Å². The molecular weight excluding hydrogens is 423 g/mol. The molecule has 3 rings (SSSR count). The lowest BCUT2D eigenvalue weighted by Gasteiger charge is -2.31. The number of nitro benzene ring substituents is 1. The van der Waals surface area contributed by atoms with Gasteiger partial charge in [0.05, 0.1) is 26.6 Å². The minimum absolute atomic E-state index is 0.126. The molecule has 0 aromatic heterocycles. The van der Waals surface area contributed by atoms with E-state index < -0.39 is 16.9 Å². The topological polar surface area (TPSA) is 96.3 Å². The average Bonchev–Trinajstić information content (AvgIpc) is 2.63. The van der Waals surface area contributed by atoms with Crippen LogP contribution in [0.15, 0.2) is 53.7 Å². The van der Waals surface area contributed by atoms with E-state index in [1.165, 1.54) is 18.2 Å². The number of carbonyl (C=O) groups is 1. The number of rotatable bonds is 4. The van der Waals surface area contributed by atoms with Gasteiger partial charge in [0.15, 0.2) is 5.11 Å². The van der Waals surface area contributed by atoms with Gasteiger partial charge in [-0.3, -0.25) is 14.9 Å². The van der Waals surface area contributed by atoms with E-state index in [4.69, 9.17) is 35.4 Å². The molecule has 10 heteroatoms. The van der Waals surface area contributed by atoms with Crippen LogP contribution < -0.4 is 16.0 Å². The molecule has 1 aliphatic heterocycles. The van der Waals surface area contributed by atoms with Crippen LogP contribution in [0.1, 0.15) is 18.5 Å². The van der Waals surface area contributed by atoms with Crippen molar-refractivity contribution in [3.05, 3.63) is 79.5 Å². The molecule has 0 bridgehead atoms. The second-order valence-electron chi connectivity index (χ2n) is 5.97. The summed E-state index contributed by atoms with van der Waals surface area (Å²) in [5.41, 5.74) is 1.63. The van der Waals surface area contributed by atoms with E-state index in [9.17, 15) is 14.9 Å². The Bertz CT molecular complexity index is 1030. The Labute approximate surface area is 175 Å². The summed E-state index contributed by atoms with van der Waals surface area (Å²) in [5.74, 6) is -0.457. The number of carbonyl (C=O) groups excluding carboxylic acids is 1. The molecule has 28 heavy (non-hydrogen) atoms. The molecule has 3 N–H and O–H groups in total. The molecule has 0 saturated heterocycles. The third-order valence-electron chi connectivity index (χ3n) is 4.12. The predicted octanol–water partition coefficient (Wildman–Crippen LogP) is 4.33. The van der Waals surface area contributed by atoms with Crippen LogP contribution in [0.5, 0.6) is 0 Å². The summed E-state index contributed by atoms with van der Waals surface area (Å²) < 4.78 is 0. The van der Waals surface area contributed by atoms with Crippen LogP contribution in [-0.4, -0.2) is 15.9 Å². The van der Waals surface area contributed by atoms with Crippen molar-refractivity contribution in [3.8, 4) is 0 Å². The first-order valence-electron chi connectivity index (χ1n) is 8.06. The molecule has 0 spiro atoms. The van der Waals surface area contributed by atoms with Crippen molar-refractivity contribution >= 4 is 57.8 Å². The number of anilines is 1. The Morgan fingerprint density at radius 3 is 2.68 bits per heavy atom. The molecule has 0 radical (unpaired) electrons. The molecule has 7 nitrogen and oxygen atoms in total. The molecule has 2 aromatic carbocycles. The largest absolute Gasteiger partial charge is 0.351 e. The SMILES string of the molecule is CC1=C(C(=O)Nc2cccc([N+](=O)[O-])c2)C(c2cccc(Cl)c2Cl)NC(=S)N1. The van der Waals surface area contributed by atoms with E-state index in [2.05, 4.69) is 16.0 Å². The number of nitrogens with one attached hydrogen (secondary N) is 3. The minimum Gasteiger partial charge on any atom is -0.351 e. The summed E-state index contributed by atoms with van der Waals surface area (Å²) in [6.07, 6.45) is 0. The number of hydrogen-bond acceptors (Lipinski definition) is 4. The van der Waals surface area contributed by atoms with Gasteiger partial charge in [0.25, 0.3) is 11.6 Å². The van der Waals surface area contributed by atoms with Crippen LogP contribution in [-0.2, 0) is 4.79 Å². The van der Waals surface area contributed by atoms with Crippen LogP contribution in [0.25, 0.3) is 0 Å². The highest BCUT2D eigenvalue weighted by molar-refractivity contribution is 7.80. The van der Waals surface area contributed by atoms with Crippen molar-refractivity contribution in [2.75, 3.05) is 5.32 Å². The fourth-order valence-electron chi connectivity index (χ4n) is 2.87. The highest BCUT2D eigenvalue weighted by Crippen LogP contribution is 2.35. The molecule has 0 fully saturated rings. The van der Waals surface area contributed by atoms with Gasteiger partial charge in [-0.2, -0.15) is 0 Å². The number of nitro groups is 1. The summed E-state index contributed by atoms with van der Waals surface area (Å²) in [5, 5.41) is 20.6. The smallest absolute Gasteiger partial charge is 0.271 e. The van der Waals surface area contributed by atoms with Gasteiger partial charge < -0.3 is 16.0 Å². The first-order chi connectivity index (χ1) is 13.3. The molecule has 1 heterocycles. The average molecular weight is 437 g/mol. The van der Waals surface area contributed by atoms with E-state index in [0.29, 0.717) is 37.7 Å². The standard InChI is InChI=1S/C18H14Cl2N4O3S/c1-9-14(17(25)22-10-4-2-5-11(8-10)24(26)27)16(23-18(28)21-9)12-6-3-7-13(19)15(12)20/h2-8,16H,1H3,(H,22,25)(H2,21,23,28). The zero-order chi connectivity index (χ0) is 20.4. The highest BCUT2D eigenvalue weighted by atomic mass is 35.5. The second kappa shape index (κ2) is 8.14. The van der Waals surface area contributed by atoms with Crippen LogP contribution >= 0.6 is 35.4 Å². The number of allylic oxidation sites excluding steroid dienone is 1. The fourth-order valence-corrected chi connectivity index (χ4v) is 3.56. The van der Waals surface area contributed by atoms with E-state index in [0.717, 1.165) is 0 Å². The minimum atomic E-state index is -0.640. The molecule has 0 aliphatic carbocycles. The first-order valence-corrected chi connectivity index (χ1v) is 9.22. The van der Waals surface area contributed by atoms with Gasteiger partial charge in [-0.1, -0.05) is 41.4 Å². The lowest BCUT2D eigenvalue weighted by molar-refractivity contribution is -0.384. The number of amides is 1. The van der Waals surface area contributed by atoms with Crippen LogP contribution in [0.2, 0.25) is 10.0 Å². The maximum atomic E-state index is 13.0. The fraction of sp³-hybridized carbons (Fsp3) is 0.111. The lowest BCUT2D eigenvalue weighted by Crippen LogP contribution is -2.45. The van der Waals surface area contributed by atoms with E-state index >= 15 is 0 Å². The summed E-state index contributed by atoms with van der Waals surface area (Å²) >= 11 is 17.7. The van der Waals surface area contributed by atoms with E-state index in [-0.39, 0.29) is 5.69 Å². The van der Waals surface area contributed by atoms with Gasteiger partial charge in [-0.25, -0.2) is 0 Å². The molecule has 2 aromatic rings. The molecule has 1 aliphatic rings. The Kier molecular flexibility index (Phi) is 5.83. The number of halogens is 2. The maximum Gasteiger partial charge on any atom is 0.271 e. The molecule has 1 amide bonds. The lowest BCUT2D eigenvalue weighted by atomic mass is 9.95. The molecule has 0 saturated carbocycles. The zero-order valence-electron chi connectivity index (χ0n) is 14.5. The summed E-state index contributed by atoms with van der Waals surface area (Å²) in [4.78, 5) is 23.4. The van der Waals surface area contributed by atoms with Gasteiger partial charge in [0.1, 0.15) is 0 Å². The summed E-state index contributed by atoms with van der Waals surface area (Å²) in [6, 6.07) is 10.2. The van der Waals surface area contributed by atoms with Gasteiger partial charge in [-0.05, 0) is 36.8 Å². The van der Waals surface area contributed by atoms with E-state index in [1.54, 1.807) is 31.2 Å². The Hall–Kier alpha value is -2.68. The number of non-ortho nitro benzene ring substituents is 1. The zero-order valence-corrected chi connectivity index (χ0v) is 16.8. The highest BCUT2D eigenvalue weighted by Gasteiger charge is 2.31. The molecule has 1 unspecified atom stereocenters. The van der Waals surface area contributed by atoms with Gasteiger partial charge in [0.2, 0.25) is 0 Å². The van der Waals surface area contributed by atoms with Crippen molar-refractivity contribution in [3.63, 3.8) is 0 Å². The van der Waals surface area contributed by atoms with Crippen molar-refractivity contribution in [1.29, 1.82) is 0 Å². The number of benzene rings is 2. The van der Waals surface area contributed by atoms with Crippen molar-refractivity contribution < 1.29 is 9.72 Å². The monoisotopic (exact) mass is 436 g/mol. The van der Waals surface area contributed by atoms with Gasteiger partial charge in [-0.15, -0.1) is 0 Å². The number of nitrogens with zero attached hydrogens (tertiary/aromatic N) is 1. The normalized spacial score (nSPS) is 16.2. The predicted molar refractivity (Wildman–Crippen MR) is 112 cm³/mol. The Balaban J connectivity index is 1.98. The third kappa shape index (κ3) is 4.09.